The van der Waals surface area contributed by atoms with Crippen LogP contribution in [0.1, 0.15) is 10.4 Å². The van der Waals surface area contributed by atoms with E-state index in [1.54, 1.807) is 0 Å². The number of hydrogen-bond acceptors (Lipinski definition) is 7. The number of urea groups is 1. The normalized spacial score (nSPS) is 18.2. The van der Waals surface area contributed by atoms with Gasteiger partial charge in [0, 0.05) is 11.8 Å². The van der Waals surface area contributed by atoms with Gasteiger partial charge in [-0.3, -0.25) is 9.59 Å². The molecular weight excluding hydrogens is 380 g/mol. The van der Waals surface area contributed by atoms with Crippen molar-refractivity contribution in [1.82, 2.24) is 4.90 Å². The summed E-state index contributed by atoms with van der Waals surface area (Å²) in [4.78, 5) is 54.2. The number of amides is 4. The van der Waals surface area contributed by atoms with E-state index >= 15 is 0 Å². The van der Waals surface area contributed by atoms with Gasteiger partial charge in [-0.15, -0.1) is 4.99 Å². The third-order valence-electron chi connectivity index (χ3n) is 4.49. The van der Waals surface area contributed by atoms with Crippen LogP contribution < -0.4 is 5.32 Å². The fourth-order valence-electron chi connectivity index (χ4n) is 3.01. The van der Waals surface area contributed by atoms with E-state index in [-0.39, 0.29) is 5.84 Å². The average Bonchev–Trinajstić information content (AvgIpc) is 2.74. The summed E-state index contributed by atoms with van der Waals surface area (Å²) < 4.78 is 11.1. The highest BCUT2D eigenvalue weighted by Crippen LogP contribution is 2.24. The van der Waals surface area contributed by atoms with Gasteiger partial charge in [-0.05, 0) is 24.3 Å². The second kappa shape index (κ2) is 8.05. The first-order valence-electron chi connectivity index (χ1n) is 8.59. The van der Waals surface area contributed by atoms with Gasteiger partial charge in [-0.1, -0.05) is 0 Å². The number of fused-ring (bicyclic) bond motifs is 1. The smallest absolute Gasteiger partial charge is 0.446 e. The van der Waals surface area contributed by atoms with Crippen LogP contribution in [0.3, 0.4) is 0 Å². The average molecular weight is 399 g/mol. The van der Waals surface area contributed by atoms with Crippen molar-refractivity contribution < 1.29 is 33.2 Å². The van der Waals surface area contributed by atoms with Crippen LogP contribution in [-0.4, -0.2) is 73.2 Å². The third kappa shape index (κ3) is 3.77. The van der Waals surface area contributed by atoms with Gasteiger partial charge in [-0.2, -0.15) is 9.48 Å². The molecule has 1 N–H and O–H groups in total. The van der Waals surface area contributed by atoms with E-state index in [9.17, 15) is 19.2 Å². The molecule has 1 atom stereocenters. The first-order chi connectivity index (χ1) is 13.9. The summed E-state index contributed by atoms with van der Waals surface area (Å²) >= 11 is 0. The molecular formula is C19H19N4O6+. The van der Waals surface area contributed by atoms with Gasteiger partial charge in [0.25, 0.3) is 11.7 Å². The second-order valence-electron chi connectivity index (χ2n) is 6.23. The molecule has 2 aliphatic heterocycles. The van der Waals surface area contributed by atoms with Crippen molar-refractivity contribution in [2.75, 3.05) is 33.1 Å². The maximum absolute atomic E-state index is 12.9. The summed E-state index contributed by atoms with van der Waals surface area (Å²) in [7, 11) is 4.16. The number of esters is 1. The van der Waals surface area contributed by atoms with Crippen LogP contribution in [0.5, 0.6) is 0 Å². The minimum atomic E-state index is -0.889. The lowest BCUT2D eigenvalue weighted by Gasteiger charge is -2.27. The molecule has 0 saturated carbocycles. The number of imide groups is 1. The van der Waals surface area contributed by atoms with E-state index in [0.717, 1.165) is 4.90 Å². The largest absolute Gasteiger partial charge is 0.499 e. The molecule has 0 saturated heterocycles. The molecule has 10 heteroatoms. The predicted molar refractivity (Wildman–Crippen MR) is 102 cm³/mol. The zero-order valence-electron chi connectivity index (χ0n) is 16.0. The van der Waals surface area contributed by atoms with Crippen LogP contribution >= 0.6 is 0 Å². The maximum atomic E-state index is 12.9. The Hall–Kier alpha value is -3.82. The summed E-state index contributed by atoms with van der Waals surface area (Å²) in [5.74, 6) is -1.97. The van der Waals surface area contributed by atoms with Gasteiger partial charge in [0.05, 0.1) is 26.8 Å². The molecule has 29 heavy (non-hydrogen) atoms. The quantitative estimate of drug-likeness (QED) is 0.574. The Bertz CT molecular complexity index is 977. The number of ether oxygens (including phenoxy) is 2. The molecule has 10 nitrogen and oxygen atoms in total. The molecule has 2 heterocycles. The number of carbonyl (C=O) groups excluding carboxylic acids is 4. The summed E-state index contributed by atoms with van der Waals surface area (Å²) in [6, 6.07) is 5.35. The zero-order valence-corrected chi connectivity index (χ0v) is 16.0. The van der Waals surface area contributed by atoms with Gasteiger partial charge in [0.2, 0.25) is 0 Å². The number of methoxy groups -OCH3 is 2. The van der Waals surface area contributed by atoms with Crippen molar-refractivity contribution >= 4 is 41.6 Å². The highest BCUT2D eigenvalue weighted by Gasteiger charge is 2.49. The molecule has 0 radical (unpaired) electrons. The fourth-order valence-corrected chi connectivity index (χ4v) is 3.01. The third-order valence-corrected chi connectivity index (χ3v) is 4.49. The van der Waals surface area contributed by atoms with Crippen molar-refractivity contribution in [2.24, 2.45) is 10.9 Å². The molecule has 150 valence electrons. The van der Waals surface area contributed by atoms with E-state index < -0.39 is 36.3 Å². The molecule has 1 aromatic carbocycles. The topological polar surface area (TPSA) is 117 Å². The molecule has 3 rings (SSSR count). The Morgan fingerprint density at radius 2 is 1.90 bits per heavy atom. The molecule has 1 unspecified atom stereocenters. The van der Waals surface area contributed by atoms with Crippen LogP contribution in [0.25, 0.3) is 0 Å². The first kappa shape index (κ1) is 19.9. The number of benzene rings is 1. The lowest BCUT2D eigenvalue weighted by Crippen LogP contribution is -2.56. The Labute approximate surface area is 166 Å². The summed E-state index contributed by atoms with van der Waals surface area (Å²) in [6.45, 7) is -0.481. The van der Waals surface area contributed by atoms with Crippen LogP contribution in [-0.2, 0) is 19.1 Å². The summed E-state index contributed by atoms with van der Waals surface area (Å²) in [5.41, 5.74) is 0.730. The Balaban J connectivity index is 1.75. The Morgan fingerprint density at radius 3 is 2.52 bits per heavy atom. The molecule has 0 aliphatic carbocycles. The number of allylic oxidation sites excluding steroid dienone is 1. The zero-order chi connectivity index (χ0) is 21.1. The molecule has 0 spiro atoms. The minimum Gasteiger partial charge on any atom is -0.499 e. The number of dihydropyridines is 1. The molecule has 4 amide bonds. The first-order valence-corrected chi connectivity index (χ1v) is 8.59. The maximum Gasteiger partial charge on any atom is 0.446 e. The number of nitrogens with zero attached hydrogens (tertiary/aromatic N) is 3. The van der Waals surface area contributed by atoms with E-state index in [4.69, 9.17) is 4.74 Å². The van der Waals surface area contributed by atoms with Crippen molar-refractivity contribution in [1.29, 1.82) is 0 Å². The number of carbonyl (C=O) groups is 4. The Morgan fingerprint density at radius 1 is 1.21 bits per heavy atom. The summed E-state index contributed by atoms with van der Waals surface area (Å²) in [6.07, 6.45) is 2.99. The summed E-state index contributed by atoms with van der Waals surface area (Å²) in [5, 5.41) is 2.59. The molecule has 0 bridgehead atoms. The number of aliphatic imine (C=N–C) groups is 1. The van der Waals surface area contributed by atoms with Crippen molar-refractivity contribution in [3.05, 3.63) is 41.7 Å². The molecule has 0 aromatic heterocycles. The lowest BCUT2D eigenvalue weighted by atomic mass is 9.99. The SMILES string of the molecule is COC(=O)c1ccc(NC(=O)CN2C(=O)C3C(OC)=CC=NC3=[N+](C)C2=O)cc1. The molecule has 0 fully saturated rings. The van der Waals surface area contributed by atoms with E-state index in [1.165, 1.54) is 62.4 Å². The number of anilines is 1. The van der Waals surface area contributed by atoms with Gasteiger partial charge in [-0.25, -0.2) is 9.59 Å². The minimum absolute atomic E-state index is 0.245. The number of amidine groups is 1. The van der Waals surface area contributed by atoms with Crippen LogP contribution in [0.4, 0.5) is 10.5 Å². The number of rotatable bonds is 5. The van der Waals surface area contributed by atoms with Gasteiger partial charge >= 0.3 is 17.9 Å². The highest BCUT2D eigenvalue weighted by atomic mass is 16.5. The van der Waals surface area contributed by atoms with Crippen molar-refractivity contribution in [2.45, 2.75) is 0 Å². The monoisotopic (exact) mass is 399 g/mol. The highest BCUT2D eigenvalue weighted by molar-refractivity contribution is 6.16. The van der Waals surface area contributed by atoms with Crippen molar-refractivity contribution in [3.8, 4) is 0 Å². The van der Waals surface area contributed by atoms with Gasteiger partial charge in [0.1, 0.15) is 12.0 Å². The fraction of sp³-hybridized carbons (Fsp3) is 0.263. The second-order valence-corrected chi connectivity index (χ2v) is 6.23. The lowest BCUT2D eigenvalue weighted by molar-refractivity contribution is -0.408. The number of nitrogens with one attached hydrogen (secondary N) is 1. The molecule has 2 aliphatic rings. The van der Waals surface area contributed by atoms with Gasteiger partial charge in [0.15, 0.2) is 12.5 Å². The Kier molecular flexibility index (Phi) is 5.53. The van der Waals surface area contributed by atoms with Crippen LogP contribution in [0.2, 0.25) is 0 Å². The number of hydrogen-bond donors (Lipinski definition) is 1. The van der Waals surface area contributed by atoms with Crippen LogP contribution in [0, 0.1) is 5.92 Å². The van der Waals surface area contributed by atoms with E-state index in [1.807, 2.05) is 0 Å². The van der Waals surface area contributed by atoms with Gasteiger partial charge < -0.3 is 14.8 Å². The molecule has 1 aromatic rings. The van der Waals surface area contributed by atoms with E-state index in [2.05, 4.69) is 15.0 Å². The standard InChI is InChI=1S/C19H18N4O6/c1-22-16-15(13(28-2)8-9-20-16)17(25)23(19(22)27)10-14(24)21-12-6-4-11(5-7-12)18(26)29-3/h4-9,15H,10H2,1-3H3/p+1. The predicted octanol–water partition coefficient (Wildman–Crippen LogP) is 0.646. The van der Waals surface area contributed by atoms with Crippen LogP contribution in [0.15, 0.2) is 41.1 Å². The van der Waals surface area contributed by atoms with Crippen molar-refractivity contribution in [3.63, 3.8) is 0 Å². The van der Waals surface area contributed by atoms with E-state index in [0.29, 0.717) is 17.0 Å².